The summed E-state index contributed by atoms with van der Waals surface area (Å²) in [7, 11) is 3.18. The number of nitrogens with one attached hydrogen (secondary N) is 1. The second kappa shape index (κ2) is 7.97. The molecule has 0 atom stereocenters. The maximum absolute atomic E-state index is 12.5. The van der Waals surface area contributed by atoms with Crippen molar-refractivity contribution in [3.05, 3.63) is 59.0 Å². The minimum absolute atomic E-state index is 0.104. The minimum Gasteiger partial charge on any atom is -0.497 e. The summed E-state index contributed by atoms with van der Waals surface area (Å²) in [6, 6.07) is 14.6. The van der Waals surface area contributed by atoms with Crippen molar-refractivity contribution in [1.82, 2.24) is 4.90 Å². The van der Waals surface area contributed by atoms with Crippen LogP contribution in [0.1, 0.15) is 5.56 Å². The van der Waals surface area contributed by atoms with Crippen molar-refractivity contribution in [2.24, 2.45) is 0 Å². The van der Waals surface area contributed by atoms with E-state index in [0.717, 1.165) is 28.8 Å². The van der Waals surface area contributed by atoms with E-state index in [0.29, 0.717) is 10.7 Å². The van der Waals surface area contributed by atoms with Gasteiger partial charge in [-0.15, -0.1) is 0 Å². The molecule has 1 heterocycles. The molecule has 1 saturated heterocycles. The van der Waals surface area contributed by atoms with Gasteiger partial charge in [-0.05, 0) is 59.8 Å². The summed E-state index contributed by atoms with van der Waals surface area (Å²) in [6.45, 7) is 0.104. The highest BCUT2D eigenvalue weighted by atomic mass is 32.2. The number of hydrogen-bond donors (Lipinski definition) is 1. The number of amides is 2. The SMILES string of the molecule is COc1ccc(NCN2C(=O)S/C(=C/c3cccc(OC)c3)C2=O)cc1. The van der Waals surface area contributed by atoms with Gasteiger partial charge in [0, 0.05) is 5.69 Å². The molecule has 1 aliphatic rings. The van der Waals surface area contributed by atoms with Gasteiger partial charge in [0.25, 0.3) is 11.1 Å². The van der Waals surface area contributed by atoms with Crippen molar-refractivity contribution in [3.63, 3.8) is 0 Å². The molecule has 1 aliphatic heterocycles. The third-order valence-corrected chi connectivity index (χ3v) is 4.70. The van der Waals surface area contributed by atoms with Crippen LogP contribution >= 0.6 is 11.8 Å². The number of benzene rings is 2. The first-order valence-electron chi connectivity index (χ1n) is 7.88. The number of rotatable bonds is 6. The van der Waals surface area contributed by atoms with Crippen molar-refractivity contribution in [3.8, 4) is 11.5 Å². The van der Waals surface area contributed by atoms with Gasteiger partial charge in [-0.25, -0.2) is 0 Å². The van der Waals surface area contributed by atoms with Gasteiger partial charge in [0.05, 0.1) is 25.8 Å². The number of carbonyl (C=O) groups is 2. The molecular formula is C19H18N2O4S. The van der Waals surface area contributed by atoms with Crippen LogP contribution in [0, 0.1) is 0 Å². The van der Waals surface area contributed by atoms with Gasteiger partial charge in [0.15, 0.2) is 0 Å². The summed E-state index contributed by atoms with van der Waals surface area (Å²) in [5.74, 6) is 1.12. The second-order valence-electron chi connectivity index (χ2n) is 5.45. The van der Waals surface area contributed by atoms with Crippen LogP contribution in [-0.2, 0) is 4.79 Å². The van der Waals surface area contributed by atoms with Gasteiger partial charge >= 0.3 is 0 Å². The van der Waals surface area contributed by atoms with Crippen LogP contribution in [0.2, 0.25) is 0 Å². The number of imide groups is 1. The number of methoxy groups -OCH3 is 2. The standard InChI is InChI=1S/C19H18N2O4S/c1-24-15-8-6-14(7-9-15)20-12-21-18(22)17(26-19(21)23)11-13-4-3-5-16(10-13)25-2/h3-11,20H,12H2,1-2H3/b17-11+. The molecule has 0 aliphatic carbocycles. The third-order valence-electron chi connectivity index (χ3n) is 3.80. The molecule has 7 heteroatoms. The molecule has 2 aromatic carbocycles. The molecule has 134 valence electrons. The zero-order valence-electron chi connectivity index (χ0n) is 14.4. The van der Waals surface area contributed by atoms with E-state index < -0.39 is 0 Å². The average Bonchev–Trinajstić information content (AvgIpc) is 2.93. The predicted molar refractivity (Wildman–Crippen MR) is 102 cm³/mol. The summed E-state index contributed by atoms with van der Waals surface area (Å²) >= 11 is 0.929. The summed E-state index contributed by atoms with van der Waals surface area (Å²) in [5.41, 5.74) is 1.60. The fourth-order valence-electron chi connectivity index (χ4n) is 2.40. The number of hydrogen-bond acceptors (Lipinski definition) is 6. The summed E-state index contributed by atoms with van der Waals surface area (Å²) in [6.07, 6.45) is 1.70. The van der Waals surface area contributed by atoms with E-state index in [1.807, 2.05) is 36.4 Å². The molecule has 0 aromatic heterocycles. The Morgan fingerprint density at radius 3 is 2.46 bits per heavy atom. The van der Waals surface area contributed by atoms with Gasteiger partial charge in [-0.1, -0.05) is 12.1 Å². The number of nitrogens with zero attached hydrogens (tertiary/aromatic N) is 1. The van der Waals surface area contributed by atoms with E-state index >= 15 is 0 Å². The smallest absolute Gasteiger partial charge is 0.295 e. The van der Waals surface area contributed by atoms with Gasteiger partial charge in [0.2, 0.25) is 0 Å². The third kappa shape index (κ3) is 4.00. The fourth-order valence-corrected chi connectivity index (χ4v) is 3.24. The maximum atomic E-state index is 12.5. The van der Waals surface area contributed by atoms with Gasteiger partial charge in [-0.3, -0.25) is 14.5 Å². The Morgan fingerprint density at radius 1 is 1.04 bits per heavy atom. The van der Waals surface area contributed by atoms with Crippen LogP contribution in [0.25, 0.3) is 6.08 Å². The minimum atomic E-state index is -0.316. The van der Waals surface area contributed by atoms with Crippen molar-refractivity contribution >= 4 is 34.7 Å². The Balaban J connectivity index is 1.68. The van der Waals surface area contributed by atoms with Crippen molar-refractivity contribution in [1.29, 1.82) is 0 Å². The molecule has 0 unspecified atom stereocenters. The highest BCUT2D eigenvalue weighted by Crippen LogP contribution is 2.32. The highest BCUT2D eigenvalue weighted by molar-refractivity contribution is 8.18. The fraction of sp³-hybridized carbons (Fsp3) is 0.158. The summed E-state index contributed by atoms with van der Waals surface area (Å²) < 4.78 is 10.3. The topological polar surface area (TPSA) is 67.9 Å². The van der Waals surface area contributed by atoms with E-state index in [1.54, 1.807) is 32.4 Å². The lowest BCUT2D eigenvalue weighted by Gasteiger charge is -2.14. The molecule has 3 rings (SSSR count). The lowest BCUT2D eigenvalue weighted by molar-refractivity contribution is -0.122. The zero-order chi connectivity index (χ0) is 18.5. The normalized spacial score (nSPS) is 15.5. The Hall–Kier alpha value is -2.93. The van der Waals surface area contributed by atoms with Crippen LogP contribution < -0.4 is 14.8 Å². The first-order valence-corrected chi connectivity index (χ1v) is 8.69. The molecule has 1 N–H and O–H groups in total. The van der Waals surface area contributed by atoms with E-state index in [4.69, 9.17) is 9.47 Å². The maximum Gasteiger partial charge on any atom is 0.295 e. The number of anilines is 1. The van der Waals surface area contributed by atoms with E-state index in [9.17, 15) is 9.59 Å². The molecular weight excluding hydrogens is 352 g/mol. The van der Waals surface area contributed by atoms with Crippen molar-refractivity contribution in [2.45, 2.75) is 0 Å². The van der Waals surface area contributed by atoms with Crippen molar-refractivity contribution < 1.29 is 19.1 Å². The molecule has 0 radical (unpaired) electrons. The highest BCUT2D eigenvalue weighted by Gasteiger charge is 2.34. The van der Waals surface area contributed by atoms with Crippen LogP contribution in [0.4, 0.5) is 10.5 Å². The molecule has 2 amide bonds. The van der Waals surface area contributed by atoms with E-state index in [1.165, 1.54) is 4.90 Å². The Labute approximate surface area is 155 Å². The molecule has 1 fully saturated rings. The lowest BCUT2D eigenvalue weighted by Crippen LogP contribution is -2.33. The molecule has 2 aromatic rings. The Kier molecular flexibility index (Phi) is 5.48. The molecule has 6 nitrogen and oxygen atoms in total. The van der Waals surface area contributed by atoms with Gasteiger partial charge in [0.1, 0.15) is 11.5 Å². The number of carbonyl (C=O) groups excluding carboxylic acids is 2. The summed E-state index contributed by atoms with van der Waals surface area (Å²) in [4.78, 5) is 26.3. The zero-order valence-corrected chi connectivity index (χ0v) is 15.2. The van der Waals surface area contributed by atoms with Crippen LogP contribution in [0.15, 0.2) is 53.4 Å². The molecule has 0 spiro atoms. The van der Waals surface area contributed by atoms with E-state index in [-0.39, 0.29) is 17.8 Å². The number of ether oxygens (including phenoxy) is 2. The molecule has 0 bridgehead atoms. The van der Waals surface area contributed by atoms with E-state index in [2.05, 4.69) is 5.32 Å². The first kappa shape index (κ1) is 17.9. The number of thioether (sulfide) groups is 1. The first-order chi connectivity index (χ1) is 12.6. The van der Waals surface area contributed by atoms with Crippen LogP contribution in [-0.4, -0.2) is 36.9 Å². The van der Waals surface area contributed by atoms with Crippen LogP contribution in [0.5, 0.6) is 11.5 Å². The average molecular weight is 370 g/mol. The second-order valence-corrected chi connectivity index (χ2v) is 6.44. The Morgan fingerprint density at radius 2 is 1.77 bits per heavy atom. The predicted octanol–water partition coefficient (Wildman–Crippen LogP) is 3.81. The molecule has 26 heavy (non-hydrogen) atoms. The Bertz CT molecular complexity index is 849. The lowest BCUT2D eigenvalue weighted by atomic mass is 10.2. The van der Waals surface area contributed by atoms with Gasteiger partial charge in [-0.2, -0.15) is 0 Å². The van der Waals surface area contributed by atoms with Gasteiger partial charge < -0.3 is 14.8 Å². The summed E-state index contributed by atoms with van der Waals surface area (Å²) in [5, 5.41) is 2.77. The quantitative estimate of drug-likeness (QED) is 0.780. The van der Waals surface area contributed by atoms with Crippen molar-refractivity contribution in [2.75, 3.05) is 26.2 Å². The molecule has 0 saturated carbocycles. The monoisotopic (exact) mass is 370 g/mol. The largest absolute Gasteiger partial charge is 0.497 e. The van der Waals surface area contributed by atoms with Crippen LogP contribution in [0.3, 0.4) is 0 Å².